The number of hydrogen-bond donors (Lipinski definition) is 2. The van der Waals surface area contributed by atoms with E-state index in [0.29, 0.717) is 0 Å². The van der Waals surface area contributed by atoms with E-state index in [1.807, 2.05) is 42.6 Å². The largest absolute Gasteiger partial charge is 0.508 e. The van der Waals surface area contributed by atoms with Crippen LogP contribution in [0, 0.1) is 0 Å². The van der Waals surface area contributed by atoms with Gasteiger partial charge in [0.2, 0.25) is 0 Å². The van der Waals surface area contributed by atoms with E-state index >= 15 is 0 Å². The molecule has 4 aromatic rings. The van der Waals surface area contributed by atoms with E-state index in [0.717, 1.165) is 33.2 Å². The van der Waals surface area contributed by atoms with Gasteiger partial charge in [0, 0.05) is 28.0 Å². The van der Waals surface area contributed by atoms with Gasteiger partial charge in [-0.1, -0.05) is 18.2 Å². The first-order chi connectivity index (χ1) is 9.31. The summed E-state index contributed by atoms with van der Waals surface area (Å²) in [6.07, 6.45) is 1.90. The number of H-pyrrole nitrogens is 1. The Labute approximate surface area is 109 Å². The molecular weight excluding hydrogens is 238 g/mol. The standard InChI is InChI=1S/C16H11NO2/c18-11-5-6-14-12(8-11)13(9-17-14)16-7-10-3-1-2-4-15(10)19-16/h1-9,17-18H. The van der Waals surface area contributed by atoms with Crippen LogP contribution < -0.4 is 0 Å². The monoisotopic (exact) mass is 249 g/mol. The molecule has 0 aliphatic heterocycles. The van der Waals surface area contributed by atoms with Gasteiger partial charge in [0.05, 0.1) is 0 Å². The fourth-order valence-electron chi connectivity index (χ4n) is 2.43. The molecule has 0 aliphatic carbocycles. The Morgan fingerprint density at radius 1 is 1.00 bits per heavy atom. The van der Waals surface area contributed by atoms with E-state index in [1.165, 1.54) is 0 Å². The number of fused-ring (bicyclic) bond motifs is 2. The number of phenols is 1. The van der Waals surface area contributed by atoms with Crippen LogP contribution in [0.2, 0.25) is 0 Å². The maximum absolute atomic E-state index is 9.62. The zero-order chi connectivity index (χ0) is 12.8. The number of benzene rings is 2. The van der Waals surface area contributed by atoms with Crippen molar-refractivity contribution in [3.8, 4) is 17.1 Å². The Morgan fingerprint density at radius 2 is 1.89 bits per heavy atom. The minimum absolute atomic E-state index is 0.254. The van der Waals surface area contributed by atoms with Crippen molar-refractivity contribution in [2.45, 2.75) is 0 Å². The Kier molecular flexibility index (Phi) is 1.97. The molecule has 0 amide bonds. The van der Waals surface area contributed by atoms with Gasteiger partial charge in [-0.25, -0.2) is 0 Å². The van der Waals surface area contributed by atoms with Crippen molar-refractivity contribution in [2.75, 3.05) is 0 Å². The van der Waals surface area contributed by atoms with Gasteiger partial charge in [-0.2, -0.15) is 0 Å². The van der Waals surface area contributed by atoms with Gasteiger partial charge in [-0.3, -0.25) is 0 Å². The second-order valence-corrected chi connectivity index (χ2v) is 4.58. The molecule has 2 aromatic carbocycles. The number of aromatic hydroxyl groups is 1. The van der Waals surface area contributed by atoms with Crippen LogP contribution in [0.15, 0.2) is 59.1 Å². The van der Waals surface area contributed by atoms with Crippen LogP contribution in [0.3, 0.4) is 0 Å². The highest BCUT2D eigenvalue weighted by atomic mass is 16.3. The van der Waals surface area contributed by atoms with E-state index < -0.39 is 0 Å². The molecule has 3 nitrogen and oxygen atoms in total. The molecule has 0 unspecified atom stereocenters. The molecule has 2 heterocycles. The van der Waals surface area contributed by atoms with Crippen molar-refractivity contribution in [1.29, 1.82) is 0 Å². The molecule has 0 bridgehead atoms. The van der Waals surface area contributed by atoms with Gasteiger partial charge in [0.25, 0.3) is 0 Å². The van der Waals surface area contributed by atoms with Gasteiger partial charge in [0.1, 0.15) is 17.1 Å². The van der Waals surface area contributed by atoms with Crippen molar-refractivity contribution in [3.63, 3.8) is 0 Å². The zero-order valence-corrected chi connectivity index (χ0v) is 10.1. The fraction of sp³-hybridized carbons (Fsp3) is 0. The molecular formula is C16H11NO2. The van der Waals surface area contributed by atoms with E-state index in [9.17, 15) is 5.11 Å². The Balaban J connectivity index is 2.00. The molecule has 92 valence electrons. The van der Waals surface area contributed by atoms with Crippen molar-refractivity contribution < 1.29 is 9.52 Å². The first-order valence-electron chi connectivity index (χ1n) is 6.10. The minimum atomic E-state index is 0.254. The number of furan rings is 1. The Morgan fingerprint density at radius 3 is 2.79 bits per heavy atom. The summed E-state index contributed by atoms with van der Waals surface area (Å²) >= 11 is 0. The van der Waals surface area contributed by atoms with Crippen molar-refractivity contribution in [2.24, 2.45) is 0 Å². The minimum Gasteiger partial charge on any atom is -0.508 e. The van der Waals surface area contributed by atoms with Crippen LogP contribution in [-0.4, -0.2) is 10.1 Å². The molecule has 0 saturated heterocycles. The topological polar surface area (TPSA) is 49.2 Å². The second kappa shape index (κ2) is 3.65. The number of aromatic amines is 1. The Bertz CT molecular complexity index is 853. The summed E-state index contributed by atoms with van der Waals surface area (Å²) in [7, 11) is 0. The van der Waals surface area contributed by atoms with Gasteiger partial charge in [0.15, 0.2) is 0 Å². The van der Waals surface area contributed by atoms with Crippen LogP contribution in [-0.2, 0) is 0 Å². The lowest BCUT2D eigenvalue weighted by Gasteiger charge is -1.95. The van der Waals surface area contributed by atoms with Gasteiger partial charge < -0.3 is 14.5 Å². The number of hydrogen-bond acceptors (Lipinski definition) is 2. The summed E-state index contributed by atoms with van der Waals surface area (Å²) in [6.45, 7) is 0. The molecule has 4 rings (SSSR count). The summed E-state index contributed by atoms with van der Waals surface area (Å²) in [5, 5.41) is 11.6. The molecule has 0 fully saturated rings. The molecule has 3 heteroatoms. The first-order valence-corrected chi connectivity index (χ1v) is 6.10. The highest BCUT2D eigenvalue weighted by Crippen LogP contribution is 2.34. The predicted octanol–water partition coefficient (Wildman–Crippen LogP) is 4.29. The van der Waals surface area contributed by atoms with Crippen LogP contribution in [0.1, 0.15) is 0 Å². The van der Waals surface area contributed by atoms with E-state index in [2.05, 4.69) is 4.98 Å². The second-order valence-electron chi connectivity index (χ2n) is 4.58. The van der Waals surface area contributed by atoms with Crippen molar-refractivity contribution in [3.05, 3.63) is 54.7 Å². The first kappa shape index (κ1) is 10.3. The molecule has 19 heavy (non-hydrogen) atoms. The maximum atomic E-state index is 9.62. The summed E-state index contributed by atoms with van der Waals surface area (Å²) in [4.78, 5) is 3.19. The summed E-state index contributed by atoms with van der Waals surface area (Å²) in [6, 6.07) is 15.2. The van der Waals surface area contributed by atoms with Crippen LogP contribution in [0.25, 0.3) is 33.2 Å². The van der Waals surface area contributed by atoms with Crippen molar-refractivity contribution in [1.82, 2.24) is 4.98 Å². The third-order valence-electron chi connectivity index (χ3n) is 3.36. The normalized spacial score (nSPS) is 11.4. The number of para-hydroxylation sites is 1. The highest BCUT2D eigenvalue weighted by molar-refractivity contribution is 5.97. The lowest BCUT2D eigenvalue weighted by molar-refractivity contribution is 0.476. The van der Waals surface area contributed by atoms with E-state index in [1.54, 1.807) is 12.1 Å². The lowest BCUT2D eigenvalue weighted by Crippen LogP contribution is -1.70. The molecule has 2 N–H and O–H groups in total. The molecule has 0 radical (unpaired) electrons. The molecule has 2 aromatic heterocycles. The average molecular weight is 249 g/mol. The van der Waals surface area contributed by atoms with Gasteiger partial charge >= 0.3 is 0 Å². The molecule has 0 atom stereocenters. The summed E-state index contributed by atoms with van der Waals surface area (Å²) in [5.41, 5.74) is 2.81. The number of phenolic OH excluding ortho intramolecular Hbond substituents is 1. The highest BCUT2D eigenvalue weighted by Gasteiger charge is 2.11. The summed E-state index contributed by atoms with van der Waals surface area (Å²) < 4.78 is 5.86. The quantitative estimate of drug-likeness (QED) is 0.528. The van der Waals surface area contributed by atoms with Gasteiger partial charge in [-0.15, -0.1) is 0 Å². The number of aromatic nitrogens is 1. The lowest BCUT2D eigenvalue weighted by atomic mass is 10.1. The van der Waals surface area contributed by atoms with Crippen LogP contribution in [0.4, 0.5) is 0 Å². The smallest absolute Gasteiger partial charge is 0.137 e. The van der Waals surface area contributed by atoms with Crippen LogP contribution >= 0.6 is 0 Å². The molecule has 0 aliphatic rings. The van der Waals surface area contributed by atoms with Crippen LogP contribution in [0.5, 0.6) is 5.75 Å². The fourth-order valence-corrected chi connectivity index (χ4v) is 2.43. The van der Waals surface area contributed by atoms with Crippen molar-refractivity contribution >= 4 is 21.9 Å². The summed E-state index contributed by atoms with van der Waals surface area (Å²) in [5.74, 6) is 1.06. The number of nitrogens with one attached hydrogen (secondary N) is 1. The predicted molar refractivity (Wildman–Crippen MR) is 75.2 cm³/mol. The molecule has 0 saturated carbocycles. The van der Waals surface area contributed by atoms with Gasteiger partial charge in [-0.05, 0) is 30.3 Å². The Hall–Kier alpha value is -2.68. The third-order valence-corrected chi connectivity index (χ3v) is 3.36. The maximum Gasteiger partial charge on any atom is 0.137 e. The SMILES string of the molecule is Oc1ccc2[nH]cc(-c3cc4ccccc4o3)c2c1. The third kappa shape index (κ3) is 1.52. The average Bonchev–Trinajstić information content (AvgIpc) is 3.00. The number of rotatable bonds is 1. The van der Waals surface area contributed by atoms with E-state index in [-0.39, 0.29) is 5.75 Å². The van der Waals surface area contributed by atoms with E-state index in [4.69, 9.17) is 4.42 Å². The molecule has 0 spiro atoms. The zero-order valence-electron chi connectivity index (χ0n) is 10.1.